The predicted octanol–water partition coefficient (Wildman–Crippen LogP) is 5.74. The van der Waals surface area contributed by atoms with Crippen molar-refractivity contribution in [3.05, 3.63) is 88.3 Å². The highest BCUT2D eigenvalue weighted by molar-refractivity contribution is 5.83. The lowest BCUT2D eigenvalue weighted by Gasteiger charge is -2.37. The molecule has 3 aromatic carbocycles. The third-order valence-electron chi connectivity index (χ3n) is 7.69. The smallest absolute Gasteiger partial charge is 0.200 e. The fourth-order valence-corrected chi connectivity index (χ4v) is 5.76. The third-order valence-corrected chi connectivity index (χ3v) is 7.69. The lowest BCUT2D eigenvalue weighted by Crippen LogP contribution is -2.41. The van der Waals surface area contributed by atoms with Crippen LogP contribution in [0.15, 0.2) is 66.1 Å². The summed E-state index contributed by atoms with van der Waals surface area (Å²) in [5, 5.41) is 23.9. The zero-order chi connectivity index (χ0) is 26.7. The van der Waals surface area contributed by atoms with Gasteiger partial charge in [0.1, 0.15) is 11.8 Å². The van der Waals surface area contributed by atoms with Gasteiger partial charge in [0, 0.05) is 11.8 Å². The molecule has 2 aliphatic rings. The van der Waals surface area contributed by atoms with Crippen molar-refractivity contribution in [3.63, 3.8) is 0 Å². The van der Waals surface area contributed by atoms with E-state index in [4.69, 9.17) is 10.5 Å². The molecule has 0 bridgehead atoms. The molecule has 4 atom stereocenters. The molecule has 0 aromatic heterocycles. The first-order chi connectivity index (χ1) is 17.4. The quantitative estimate of drug-likeness (QED) is 0.361. The molecule has 2 aliphatic heterocycles. The van der Waals surface area contributed by atoms with Crippen molar-refractivity contribution in [3.8, 4) is 11.8 Å². The van der Waals surface area contributed by atoms with Crippen molar-refractivity contribution in [2.24, 2.45) is 11.7 Å². The molecule has 6 heteroatoms. The molecule has 0 spiro atoms. The number of hydrogen-bond donors (Lipinski definition) is 4. The highest BCUT2D eigenvalue weighted by Gasteiger charge is 2.49. The number of hydrogen-bond acceptors (Lipinski definition) is 6. The standard InChI is InChI=1S/C31H36N4O2/c1-30(2,3)22-14-20(15-23(27(22)36)31(4,5)6)24-21(16-32)28(33)37-29-25(24)26(34-35-29)19-12-11-17-9-7-8-10-18(17)13-19/h7-15,24-26,29,34-36H,33H2,1-6H3. The normalized spacial score (nSPS) is 24.0. The van der Waals surface area contributed by atoms with E-state index in [1.165, 1.54) is 5.39 Å². The minimum absolute atomic E-state index is 0.124. The van der Waals surface area contributed by atoms with Crippen molar-refractivity contribution < 1.29 is 9.84 Å². The van der Waals surface area contributed by atoms with Gasteiger partial charge >= 0.3 is 0 Å². The summed E-state index contributed by atoms with van der Waals surface area (Å²) >= 11 is 0. The van der Waals surface area contributed by atoms with Gasteiger partial charge in [0.05, 0.1) is 11.6 Å². The van der Waals surface area contributed by atoms with E-state index in [9.17, 15) is 10.4 Å². The molecule has 192 valence electrons. The van der Waals surface area contributed by atoms with Gasteiger partial charge in [0.25, 0.3) is 0 Å². The maximum absolute atomic E-state index is 11.3. The summed E-state index contributed by atoms with van der Waals surface area (Å²) in [4.78, 5) is 0. The Hall–Kier alpha value is -3.53. The molecule has 0 radical (unpaired) electrons. The fourth-order valence-electron chi connectivity index (χ4n) is 5.76. The second-order valence-corrected chi connectivity index (χ2v) is 12.3. The van der Waals surface area contributed by atoms with Crippen LogP contribution < -0.4 is 16.6 Å². The van der Waals surface area contributed by atoms with Gasteiger partial charge in [-0.05, 0) is 49.9 Å². The van der Waals surface area contributed by atoms with Crippen LogP contribution in [0, 0.1) is 17.2 Å². The number of benzene rings is 3. The van der Waals surface area contributed by atoms with Crippen LogP contribution in [0.3, 0.4) is 0 Å². The number of rotatable bonds is 2. The number of ether oxygens (including phenoxy) is 1. The molecule has 6 nitrogen and oxygen atoms in total. The molecule has 4 unspecified atom stereocenters. The van der Waals surface area contributed by atoms with Gasteiger partial charge in [-0.1, -0.05) is 90.1 Å². The summed E-state index contributed by atoms with van der Waals surface area (Å²) in [5.41, 5.74) is 16.7. The van der Waals surface area contributed by atoms with E-state index in [-0.39, 0.29) is 34.6 Å². The van der Waals surface area contributed by atoms with Crippen molar-refractivity contribution in [2.45, 2.75) is 70.6 Å². The third kappa shape index (κ3) is 4.33. The Bertz CT molecular complexity index is 1400. The number of nitrogens with one attached hydrogen (secondary N) is 2. The predicted molar refractivity (Wildman–Crippen MR) is 146 cm³/mol. The molecule has 1 fully saturated rings. The van der Waals surface area contributed by atoms with Gasteiger partial charge in [0.2, 0.25) is 5.88 Å². The Morgan fingerprint density at radius 1 is 0.865 bits per heavy atom. The van der Waals surface area contributed by atoms with Gasteiger partial charge in [0.15, 0.2) is 6.23 Å². The van der Waals surface area contributed by atoms with Crippen molar-refractivity contribution in [1.82, 2.24) is 10.9 Å². The molecule has 5 rings (SSSR count). The SMILES string of the molecule is CC(C)(C)c1cc(C2C(C#N)=C(N)OC3NNC(c4ccc5ccccc5c4)C32)cc(C(C)(C)C)c1O. The Balaban J connectivity index is 1.71. The summed E-state index contributed by atoms with van der Waals surface area (Å²) in [6.07, 6.45) is -0.413. The van der Waals surface area contributed by atoms with Crippen LogP contribution in [0.1, 0.15) is 75.8 Å². The first-order valence-electron chi connectivity index (χ1n) is 12.8. The summed E-state index contributed by atoms with van der Waals surface area (Å²) in [6, 6.07) is 21.1. The number of phenols is 1. The van der Waals surface area contributed by atoms with Crippen molar-refractivity contribution in [2.75, 3.05) is 0 Å². The second kappa shape index (κ2) is 8.79. The molecular weight excluding hydrogens is 460 g/mol. The largest absolute Gasteiger partial charge is 0.507 e. The maximum atomic E-state index is 11.3. The Kier molecular flexibility index (Phi) is 5.97. The van der Waals surface area contributed by atoms with Gasteiger partial charge in [-0.2, -0.15) is 5.26 Å². The van der Waals surface area contributed by atoms with E-state index in [2.05, 4.69) is 101 Å². The lowest BCUT2D eigenvalue weighted by atomic mass is 9.70. The average molecular weight is 497 g/mol. The van der Waals surface area contributed by atoms with Crippen LogP contribution in [0.4, 0.5) is 0 Å². The molecule has 37 heavy (non-hydrogen) atoms. The van der Waals surface area contributed by atoms with E-state index in [1.54, 1.807) is 0 Å². The maximum Gasteiger partial charge on any atom is 0.200 e. The second-order valence-electron chi connectivity index (χ2n) is 12.3. The topological polar surface area (TPSA) is 103 Å². The van der Waals surface area contributed by atoms with Crippen LogP contribution in [0.25, 0.3) is 10.8 Å². The summed E-state index contributed by atoms with van der Waals surface area (Å²) < 4.78 is 6.04. The monoisotopic (exact) mass is 496 g/mol. The number of allylic oxidation sites excluding steroid dienone is 1. The zero-order valence-corrected chi connectivity index (χ0v) is 22.4. The Morgan fingerprint density at radius 3 is 2.08 bits per heavy atom. The summed E-state index contributed by atoms with van der Waals surface area (Å²) in [5.74, 6) is -0.0136. The molecule has 0 aliphatic carbocycles. The number of nitrogens with zero attached hydrogens (tertiary/aromatic N) is 1. The zero-order valence-electron chi connectivity index (χ0n) is 22.4. The van der Waals surface area contributed by atoms with Gasteiger partial charge < -0.3 is 15.6 Å². The van der Waals surface area contributed by atoms with Crippen LogP contribution in [-0.2, 0) is 15.6 Å². The first-order valence-corrected chi connectivity index (χ1v) is 12.8. The minimum atomic E-state index is -0.413. The number of nitriles is 1. The van der Waals surface area contributed by atoms with E-state index < -0.39 is 6.23 Å². The van der Waals surface area contributed by atoms with E-state index in [0.717, 1.165) is 27.6 Å². The summed E-state index contributed by atoms with van der Waals surface area (Å²) in [6.45, 7) is 12.6. The molecule has 0 saturated carbocycles. The average Bonchev–Trinajstić information content (AvgIpc) is 3.25. The van der Waals surface area contributed by atoms with Crippen LogP contribution in [0.2, 0.25) is 0 Å². The Morgan fingerprint density at radius 2 is 1.49 bits per heavy atom. The van der Waals surface area contributed by atoms with Gasteiger partial charge in [-0.25, -0.2) is 10.9 Å². The fraction of sp³-hybridized carbons (Fsp3) is 0.387. The van der Waals surface area contributed by atoms with E-state index in [0.29, 0.717) is 11.3 Å². The molecule has 2 heterocycles. The minimum Gasteiger partial charge on any atom is -0.507 e. The van der Waals surface area contributed by atoms with E-state index in [1.807, 2.05) is 12.1 Å². The van der Waals surface area contributed by atoms with Crippen LogP contribution in [-0.4, -0.2) is 11.3 Å². The van der Waals surface area contributed by atoms with E-state index >= 15 is 0 Å². The lowest BCUT2D eigenvalue weighted by molar-refractivity contribution is 0.0340. The number of hydrazine groups is 1. The Labute approximate surface area is 219 Å². The highest BCUT2D eigenvalue weighted by atomic mass is 16.5. The van der Waals surface area contributed by atoms with Gasteiger partial charge in [-0.15, -0.1) is 0 Å². The molecule has 5 N–H and O–H groups in total. The molecule has 1 saturated heterocycles. The molecule has 0 amide bonds. The molecule has 3 aromatic rings. The highest BCUT2D eigenvalue weighted by Crippen LogP contribution is 2.50. The van der Waals surface area contributed by atoms with Crippen LogP contribution >= 0.6 is 0 Å². The number of aromatic hydroxyl groups is 1. The summed E-state index contributed by atoms with van der Waals surface area (Å²) in [7, 11) is 0. The number of nitrogens with two attached hydrogens (primary N) is 1. The number of fused-ring (bicyclic) bond motifs is 2. The first kappa shape index (κ1) is 25.1. The molecular formula is C31H36N4O2. The van der Waals surface area contributed by atoms with Gasteiger partial charge in [-0.3, -0.25) is 0 Å². The van der Waals surface area contributed by atoms with Crippen molar-refractivity contribution in [1.29, 1.82) is 5.26 Å². The van der Waals surface area contributed by atoms with Crippen molar-refractivity contribution >= 4 is 10.8 Å². The van der Waals surface area contributed by atoms with Crippen LogP contribution in [0.5, 0.6) is 5.75 Å². The number of phenolic OH excluding ortho intramolecular Hbond substituents is 1.